The molecule has 0 aromatic carbocycles. The lowest BCUT2D eigenvalue weighted by Gasteiger charge is -2.16. The van der Waals surface area contributed by atoms with E-state index in [1.54, 1.807) is 0 Å². The van der Waals surface area contributed by atoms with E-state index in [1.807, 2.05) is 6.92 Å². The Morgan fingerprint density at radius 1 is 1.61 bits per heavy atom. The number of rotatable bonds is 5. The van der Waals surface area contributed by atoms with Crippen molar-refractivity contribution in [1.29, 1.82) is 0 Å². The average molecular weight is 265 g/mol. The van der Waals surface area contributed by atoms with Gasteiger partial charge in [0.25, 0.3) is 0 Å². The minimum Gasteiger partial charge on any atom is -0.468 e. The summed E-state index contributed by atoms with van der Waals surface area (Å²) in [6, 6.07) is -1.17. The van der Waals surface area contributed by atoms with Crippen molar-refractivity contribution in [2.24, 2.45) is 0 Å². The van der Waals surface area contributed by atoms with Crippen LogP contribution in [-0.2, 0) is 16.1 Å². The molecule has 0 aliphatic heterocycles. The van der Waals surface area contributed by atoms with Gasteiger partial charge in [-0.25, -0.2) is 4.79 Å². The SMILES string of the molecule is CCn1cc(C(NCC(F)(F)F)C(=O)OC)cn1. The maximum Gasteiger partial charge on any atom is 0.401 e. The first-order chi connectivity index (χ1) is 8.37. The van der Waals surface area contributed by atoms with E-state index in [-0.39, 0.29) is 0 Å². The fourth-order valence-electron chi connectivity index (χ4n) is 1.37. The van der Waals surface area contributed by atoms with Crippen molar-refractivity contribution in [2.45, 2.75) is 25.7 Å². The van der Waals surface area contributed by atoms with Crippen molar-refractivity contribution < 1.29 is 22.7 Å². The second-order valence-electron chi connectivity index (χ2n) is 3.58. The van der Waals surface area contributed by atoms with Gasteiger partial charge in [-0.1, -0.05) is 0 Å². The molecule has 1 unspecified atom stereocenters. The summed E-state index contributed by atoms with van der Waals surface area (Å²) in [7, 11) is 1.12. The first-order valence-electron chi connectivity index (χ1n) is 5.27. The molecule has 0 saturated heterocycles. The number of carbonyl (C=O) groups excluding carboxylic acids is 1. The van der Waals surface area contributed by atoms with Crippen LogP contribution in [0.5, 0.6) is 0 Å². The molecule has 0 spiro atoms. The zero-order valence-electron chi connectivity index (χ0n) is 9.99. The minimum atomic E-state index is -4.40. The zero-order chi connectivity index (χ0) is 13.8. The molecule has 1 aromatic heterocycles. The van der Waals surface area contributed by atoms with Crippen LogP contribution in [-0.4, -0.2) is 35.6 Å². The summed E-state index contributed by atoms with van der Waals surface area (Å²) < 4.78 is 42.4. The van der Waals surface area contributed by atoms with E-state index in [1.165, 1.54) is 17.1 Å². The molecule has 18 heavy (non-hydrogen) atoms. The van der Waals surface area contributed by atoms with Gasteiger partial charge in [0, 0.05) is 18.3 Å². The summed E-state index contributed by atoms with van der Waals surface area (Å²) in [6.45, 7) is 1.12. The highest BCUT2D eigenvalue weighted by Crippen LogP contribution is 2.18. The highest BCUT2D eigenvalue weighted by Gasteiger charge is 2.31. The van der Waals surface area contributed by atoms with Crippen LogP contribution in [0.4, 0.5) is 13.2 Å². The third kappa shape index (κ3) is 4.02. The molecule has 0 aliphatic carbocycles. The van der Waals surface area contributed by atoms with Crippen molar-refractivity contribution in [3.05, 3.63) is 18.0 Å². The molecule has 5 nitrogen and oxygen atoms in total. The fourth-order valence-corrected chi connectivity index (χ4v) is 1.37. The van der Waals surface area contributed by atoms with Crippen molar-refractivity contribution in [2.75, 3.05) is 13.7 Å². The number of nitrogens with zero attached hydrogens (tertiary/aromatic N) is 2. The summed E-state index contributed by atoms with van der Waals surface area (Å²) in [5.41, 5.74) is 0.341. The molecule has 1 aromatic rings. The maximum absolute atomic E-state index is 12.1. The van der Waals surface area contributed by atoms with Gasteiger partial charge in [-0.05, 0) is 6.92 Å². The number of methoxy groups -OCH3 is 1. The zero-order valence-corrected chi connectivity index (χ0v) is 9.99. The molecule has 0 saturated carbocycles. The smallest absolute Gasteiger partial charge is 0.401 e. The summed E-state index contributed by atoms with van der Waals surface area (Å²) in [6.07, 6.45) is -1.55. The van der Waals surface area contributed by atoms with E-state index < -0.39 is 24.7 Å². The van der Waals surface area contributed by atoms with Gasteiger partial charge in [0.15, 0.2) is 0 Å². The molecule has 8 heteroatoms. The van der Waals surface area contributed by atoms with Gasteiger partial charge in [0.05, 0.1) is 19.9 Å². The second-order valence-corrected chi connectivity index (χ2v) is 3.58. The van der Waals surface area contributed by atoms with Crippen LogP contribution in [0.3, 0.4) is 0 Å². The van der Waals surface area contributed by atoms with E-state index in [9.17, 15) is 18.0 Å². The lowest BCUT2D eigenvalue weighted by atomic mass is 10.1. The molecule has 102 valence electrons. The topological polar surface area (TPSA) is 56.2 Å². The highest BCUT2D eigenvalue weighted by atomic mass is 19.4. The molecule has 0 fully saturated rings. The number of hydrogen-bond donors (Lipinski definition) is 1. The average Bonchev–Trinajstić information content (AvgIpc) is 2.76. The summed E-state index contributed by atoms with van der Waals surface area (Å²) >= 11 is 0. The summed E-state index contributed by atoms with van der Waals surface area (Å²) in [5.74, 6) is -0.782. The normalized spacial score (nSPS) is 13.4. The molecular weight excluding hydrogens is 251 g/mol. The third-order valence-corrected chi connectivity index (χ3v) is 2.25. The molecule has 1 heterocycles. The van der Waals surface area contributed by atoms with Crippen molar-refractivity contribution >= 4 is 5.97 Å². The number of alkyl halides is 3. The van der Waals surface area contributed by atoms with Crippen LogP contribution < -0.4 is 5.32 Å². The Morgan fingerprint density at radius 3 is 2.72 bits per heavy atom. The number of aryl methyl sites for hydroxylation is 1. The number of esters is 1. The van der Waals surface area contributed by atoms with Crippen molar-refractivity contribution in [1.82, 2.24) is 15.1 Å². The van der Waals surface area contributed by atoms with E-state index in [2.05, 4.69) is 15.2 Å². The fraction of sp³-hybridized carbons (Fsp3) is 0.600. The Labute approximate surface area is 102 Å². The van der Waals surface area contributed by atoms with Crippen LogP contribution in [0.1, 0.15) is 18.5 Å². The van der Waals surface area contributed by atoms with E-state index in [0.717, 1.165) is 7.11 Å². The highest BCUT2D eigenvalue weighted by molar-refractivity contribution is 5.77. The van der Waals surface area contributed by atoms with Gasteiger partial charge in [0.1, 0.15) is 6.04 Å². The minimum absolute atomic E-state index is 0.341. The Morgan fingerprint density at radius 2 is 2.28 bits per heavy atom. The molecule has 0 aliphatic rings. The predicted octanol–water partition coefficient (Wildman–Crippen LogP) is 1.27. The second kappa shape index (κ2) is 5.85. The van der Waals surface area contributed by atoms with E-state index in [4.69, 9.17) is 0 Å². The lowest BCUT2D eigenvalue weighted by Crippen LogP contribution is -2.36. The predicted molar refractivity (Wildman–Crippen MR) is 56.7 cm³/mol. The first kappa shape index (κ1) is 14.5. The van der Waals surface area contributed by atoms with E-state index >= 15 is 0 Å². The monoisotopic (exact) mass is 265 g/mol. The van der Waals surface area contributed by atoms with Crippen molar-refractivity contribution in [3.8, 4) is 0 Å². The molecule has 0 amide bonds. The molecule has 0 radical (unpaired) electrons. The first-order valence-corrected chi connectivity index (χ1v) is 5.27. The standard InChI is InChI=1S/C10H14F3N3O2/c1-3-16-5-7(4-15-16)8(9(17)18-2)14-6-10(11,12)13/h4-5,8,14H,3,6H2,1-2H3. The Hall–Kier alpha value is -1.57. The van der Waals surface area contributed by atoms with Crippen LogP contribution in [0.25, 0.3) is 0 Å². The number of ether oxygens (including phenoxy) is 1. The van der Waals surface area contributed by atoms with Gasteiger partial charge in [-0.3, -0.25) is 10.00 Å². The Bertz CT molecular complexity index is 403. The third-order valence-electron chi connectivity index (χ3n) is 2.25. The number of hydrogen-bond acceptors (Lipinski definition) is 4. The van der Waals surface area contributed by atoms with Gasteiger partial charge >= 0.3 is 12.1 Å². The number of halogens is 3. The number of carbonyl (C=O) groups is 1. The molecular formula is C10H14F3N3O2. The van der Waals surface area contributed by atoms with E-state index in [0.29, 0.717) is 12.1 Å². The quantitative estimate of drug-likeness (QED) is 0.814. The molecule has 1 atom stereocenters. The molecule has 1 rings (SSSR count). The maximum atomic E-state index is 12.1. The van der Waals surface area contributed by atoms with Gasteiger partial charge in [-0.15, -0.1) is 0 Å². The van der Waals surface area contributed by atoms with Crippen molar-refractivity contribution in [3.63, 3.8) is 0 Å². The number of nitrogens with one attached hydrogen (secondary N) is 1. The van der Waals surface area contributed by atoms with Gasteiger partial charge < -0.3 is 4.74 Å². The van der Waals surface area contributed by atoms with Crippen LogP contribution >= 0.6 is 0 Å². The van der Waals surface area contributed by atoms with Crippen LogP contribution in [0, 0.1) is 0 Å². The Balaban J connectivity index is 2.81. The van der Waals surface area contributed by atoms with Crippen LogP contribution in [0.2, 0.25) is 0 Å². The molecule has 1 N–H and O–H groups in total. The number of aromatic nitrogens is 2. The summed E-state index contributed by atoms with van der Waals surface area (Å²) in [4.78, 5) is 11.4. The van der Waals surface area contributed by atoms with Gasteiger partial charge in [0.2, 0.25) is 0 Å². The lowest BCUT2D eigenvalue weighted by molar-refractivity contribution is -0.146. The summed E-state index contributed by atoms with van der Waals surface area (Å²) in [5, 5.41) is 6.02. The van der Waals surface area contributed by atoms with Gasteiger partial charge in [-0.2, -0.15) is 18.3 Å². The van der Waals surface area contributed by atoms with Crippen LogP contribution in [0.15, 0.2) is 12.4 Å². The molecule has 0 bridgehead atoms. The Kier molecular flexibility index (Phi) is 4.71. The largest absolute Gasteiger partial charge is 0.468 e.